The molecule has 1 atom stereocenters. The maximum Gasteiger partial charge on any atom is 0.0574 e. The van der Waals surface area contributed by atoms with Crippen molar-refractivity contribution >= 4 is 9.47 Å². The van der Waals surface area contributed by atoms with Crippen LogP contribution in [0.2, 0.25) is 0 Å². The first kappa shape index (κ1) is 5.49. The predicted molar refractivity (Wildman–Crippen MR) is 30.0 cm³/mol. The average Bonchev–Trinajstić information content (AvgIpc) is 1.55. The minimum absolute atomic E-state index is 0.664. The van der Waals surface area contributed by atoms with Crippen LogP contribution in [0, 0.1) is 5.92 Å². The molecule has 3 heteroatoms. The van der Waals surface area contributed by atoms with E-state index in [0.717, 1.165) is 19.8 Å². The number of hydrogen-bond acceptors (Lipinski definition) is 2. The van der Waals surface area contributed by atoms with Crippen LogP contribution in [-0.2, 0) is 9.26 Å². The smallest absolute Gasteiger partial charge is 0.0574 e. The van der Waals surface area contributed by atoms with E-state index in [2.05, 4.69) is 9.47 Å². The van der Waals surface area contributed by atoms with E-state index < -0.39 is 0 Å². The largest absolute Gasteiger partial charge is 0.381 e. The van der Waals surface area contributed by atoms with Gasteiger partial charge in [-0.25, -0.2) is 0 Å². The molecule has 0 aromatic heterocycles. The lowest BCUT2D eigenvalue weighted by molar-refractivity contribution is -0.0483. The van der Waals surface area contributed by atoms with Gasteiger partial charge in [-0.3, -0.25) is 0 Å². The highest BCUT2D eigenvalue weighted by Crippen LogP contribution is 2.10. The zero-order chi connectivity index (χ0) is 5.11. The van der Waals surface area contributed by atoms with Gasteiger partial charge in [0, 0.05) is 15.4 Å². The molecule has 0 spiro atoms. The quantitative estimate of drug-likeness (QED) is 0.492. The first-order valence-electron chi connectivity index (χ1n) is 2.33. The Balaban J connectivity index is 1.93. The zero-order valence-corrected chi connectivity index (χ0v) is 5.25. The molecule has 42 valence electrons. The van der Waals surface area contributed by atoms with Crippen LogP contribution >= 0.6 is 9.47 Å². The van der Waals surface area contributed by atoms with Crippen LogP contribution in [0.25, 0.3) is 0 Å². The minimum Gasteiger partial charge on any atom is -0.381 e. The van der Waals surface area contributed by atoms with Crippen LogP contribution in [0.4, 0.5) is 0 Å². The highest BCUT2D eigenvalue weighted by Gasteiger charge is 2.16. The summed E-state index contributed by atoms with van der Waals surface area (Å²) < 4.78 is 9.68. The Labute approximate surface area is 45.5 Å². The molecule has 0 aliphatic carbocycles. The van der Waals surface area contributed by atoms with E-state index in [9.17, 15) is 0 Å². The van der Waals surface area contributed by atoms with Gasteiger partial charge in [0.2, 0.25) is 0 Å². The number of hydrogen-bond donors (Lipinski definition) is 0. The number of ether oxygens (including phenoxy) is 1. The van der Waals surface area contributed by atoms with E-state index in [1.54, 1.807) is 0 Å². The Bertz CT molecular complexity index is 53.7. The molecular weight excluding hydrogens is 111 g/mol. The summed E-state index contributed by atoms with van der Waals surface area (Å²) in [6.07, 6.45) is 0. The fraction of sp³-hybridized carbons (Fsp3) is 1.00. The van der Waals surface area contributed by atoms with Crippen molar-refractivity contribution in [3.8, 4) is 0 Å². The van der Waals surface area contributed by atoms with Gasteiger partial charge in [0.1, 0.15) is 0 Å². The third-order valence-corrected chi connectivity index (χ3v) is 1.23. The van der Waals surface area contributed by atoms with Crippen LogP contribution in [0.1, 0.15) is 0 Å². The minimum atomic E-state index is 0.664. The van der Waals surface area contributed by atoms with E-state index in [-0.39, 0.29) is 0 Å². The highest BCUT2D eigenvalue weighted by molar-refractivity contribution is 7.09. The Hall–Kier alpha value is 0.350. The number of rotatable bonds is 2. The van der Waals surface area contributed by atoms with Crippen molar-refractivity contribution in [2.75, 3.05) is 19.8 Å². The summed E-state index contributed by atoms with van der Waals surface area (Å²) in [5, 5.41) is 0. The molecule has 7 heavy (non-hydrogen) atoms. The molecule has 0 bridgehead atoms. The van der Waals surface area contributed by atoms with Gasteiger partial charge < -0.3 is 9.26 Å². The van der Waals surface area contributed by atoms with Crippen molar-refractivity contribution < 1.29 is 9.26 Å². The second kappa shape index (κ2) is 2.61. The SMILES string of the molecule is POCC1COC1. The Morgan fingerprint density at radius 2 is 2.43 bits per heavy atom. The van der Waals surface area contributed by atoms with Crippen molar-refractivity contribution in [1.82, 2.24) is 0 Å². The first-order chi connectivity index (χ1) is 3.43. The second-order valence-electron chi connectivity index (χ2n) is 1.74. The summed E-state index contributed by atoms with van der Waals surface area (Å²) >= 11 is 0. The van der Waals surface area contributed by atoms with Gasteiger partial charge in [0.15, 0.2) is 0 Å². The van der Waals surface area contributed by atoms with Crippen LogP contribution in [0.15, 0.2) is 0 Å². The van der Waals surface area contributed by atoms with E-state index in [4.69, 9.17) is 9.26 Å². The Morgan fingerprint density at radius 3 is 2.57 bits per heavy atom. The van der Waals surface area contributed by atoms with Crippen LogP contribution < -0.4 is 0 Å². The molecule has 1 fully saturated rings. The molecule has 1 unspecified atom stereocenters. The molecule has 0 aromatic carbocycles. The topological polar surface area (TPSA) is 18.5 Å². The van der Waals surface area contributed by atoms with E-state index in [1.807, 2.05) is 0 Å². The molecule has 1 saturated heterocycles. The summed E-state index contributed by atoms with van der Waals surface area (Å²) in [5.41, 5.74) is 0. The fourth-order valence-electron chi connectivity index (χ4n) is 0.517. The summed E-state index contributed by atoms with van der Waals surface area (Å²) in [4.78, 5) is 0. The van der Waals surface area contributed by atoms with Gasteiger partial charge >= 0.3 is 0 Å². The average molecular weight is 120 g/mol. The van der Waals surface area contributed by atoms with E-state index in [0.29, 0.717) is 5.92 Å². The van der Waals surface area contributed by atoms with E-state index >= 15 is 0 Å². The van der Waals surface area contributed by atoms with Crippen molar-refractivity contribution in [3.63, 3.8) is 0 Å². The monoisotopic (exact) mass is 120 g/mol. The molecule has 0 N–H and O–H groups in total. The van der Waals surface area contributed by atoms with Gasteiger partial charge in [0.05, 0.1) is 19.8 Å². The molecule has 1 heterocycles. The van der Waals surface area contributed by atoms with Crippen molar-refractivity contribution in [3.05, 3.63) is 0 Å². The fourth-order valence-corrected chi connectivity index (χ4v) is 0.789. The Kier molecular flexibility index (Phi) is 2.04. The van der Waals surface area contributed by atoms with Gasteiger partial charge in [-0.05, 0) is 0 Å². The lowest BCUT2D eigenvalue weighted by Crippen LogP contribution is -2.30. The molecule has 1 rings (SSSR count). The molecule has 0 radical (unpaired) electrons. The van der Waals surface area contributed by atoms with Gasteiger partial charge in [-0.2, -0.15) is 0 Å². The molecule has 1 aliphatic heterocycles. The Morgan fingerprint density at radius 1 is 1.71 bits per heavy atom. The molecule has 0 aromatic rings. The van der Waals surface area contributed by atoms with Crippen LogP contribution in [0.3, 0.4) is 0 Å². The summed E-state index contributed by atoms with van der Waals surface area (Å²) in [6.45, 7) is 2.59. The molecule has 0 saturated carbocycles. The van der Waals surface area contributed by atoms with Crippen LogP contribution in [-0.4, -0.2) is 19.8 Å². The van der Waals surface area contributed by atoms with Crippen molar-refractivity contribution in [2.45, 2.75) is 0 Å². The molecule has 1 aliphatic rings. The lowest BCUT2D eigenvalue weighted by Gasteiger charge is -2.24. The summed E-state index contributed by atoms with van der Waals surface area (Å²) in [5.74, 6) is 0.664. The standard InChI is InChI=1S/C4H9O2P/c7-6-3-4-1-5-2-4/h4H,1-3,7H2. The third-order valence-electron chi connectivity index (χ3n) is 1.04. The van der Waals surface area contributed by atoms with Crippen molar-refractivity contribution in [2.24, 2.45) is 5.92 Å². The molecule has 2 nitrogen and oxygen atoms in total. The van der Waals surface area contributed by atoms with Crippen LogP contribution in [0.5, 0.6) is 0 Å². The third kappa shape index (κ3) is 1.37. The first-order valence-corrected chi connectivity index (χ1v) is 2.80. The maximum atomic E-state index is 4.90. The molecule has 0 amide bonds. The zero-order valence-electron chi connectivity index (χ0n) is 4.09. The normalized spacial score (nSPS) is 21.9. The van der Waals surface area contributed by atoms with E-state index in [1.165, 1.54) is 0 Å². The predicted octanol–water partition coefficient (Wildman–Crippen LogP) is 0.439. The van der Waals surface area contributed by atoms with Gasteiger partial charge in [0.25, 0.3) is 0 Å². The molecular formula is C4H9O2P. The second-order valence-corrected chi connectivity index (χ2v) is 2.07. The highest BCUT2D eigenvalue weighted by atomic mass is 31.0. The maximum absolute atomic E-state index is 4.90. The summed E-state index contributed by atoms with van der Waals surface area (Å²) in [6, 6.07) is 0. The van der Waals surface area contributed by atoms with Gasteiger partial charge in [-0.1, -0.05) is 0 Å². The summed E-state index contributed by atoms with van der Waals surface area (Å²) in [7, 11) is 2.23. The van der Waals surface area contributed by atoms with Crippen molar-refractivity contribution in [1.29, 1.82) is 0 Å². The lowest BCUT2D eigenvalue weighted by atomic mass is 10.1. The van der Waals surface area contributed by atoms with Gasteiger partial charge in [-0.15, -0.1) is 0 Å².